The second-order valence-electron chi connectivity index (χ2n) is 8.08. The first-order chi connectivity index (χ1) is 15.0. The topological polar surface area (TPSA) is 104 Å². The molecule has 3 aromatic rings. The highest BCUT2D eigenvalue weighted by atomic mass is 16.2. The van der Waals surface area contributed by atoms with E-state index in [1.807, 2.05) is 16.7 Å². The maximum Gasteiger partial charge on any atom is 0.329 e. The largest absolute Gasteiger partial charge is 0.329 e. The van der Waals surface area contributed by atoms with Gasteiger partial charge in [-0.05, 0) is 42.5 Å². The minimum atomic E-state index is -0.482. The van der Waals surface area contributed by atoms with E-state index in [-0.39, 0.29) is 30.8 Å². The fraction of sp³-hybridized carbons (Fsp3) is 0.227. The number of benzene rings is 1. The molecule has 0 unspecified atom stereocenters. The van der Waals surface area contributed by atoms with E-state index in [1.54, 1.807) is 30.5 Å². The molecule has 31 heavy (non-hydrogen) atoms. The number of carbonyl (C=O) groups is 4. The summed E-state index contributed by atoms with van der Waals surface area (Å²) in [7, 11) is 0. The standard InChI is InChI=1S/C22H17N5O4/c28-18-11-26(22(31)24-18)17-7-13(12-5-6-12)8-25-9-14(23-19(17)25)10-27-20(29)15-3-1-2-4-16(15)21(27)30/h1-4,7-9,12H,5-6,10-11H2,(H,24,28,31). The summed E-state index contributed by atoms with van der Waals surface area (Å²) in [6, 6.07) is 8.16. The average Bonchev–Trinajstić information content (AvgIpc) is 3.39. The highest BCUT2D eigenvalue weighted by molar-refractivity contribution is 6.21. The number of fused-ring (bicyclic) bond motifs is 2. The third-order valence-electron chi connectivity index (χ3n) is 5.93. The SMILES string of the molecule is O=C1CN(c2cc(C3CC3)cn3cc(CN4C(=O)c5ccccc5C4=O)nc23)C(=O)N1. The summed E-state index contributed by atoms with van der Waals surface area (Å²) >= 11 is 0. The molecule has 1 N–H and O–H groups in total. The maximum absolute atomic E-state index is 12.7. The van der Waals surface area contributed by atoms with E-state index >= 15 is 0 Å². The predicted molar refractivity (Wildman–Crippen MR) is 109 cm³/mol. The Morgan fingerprint density at radius 1 is 1.00 bits per heavy atom. The van der Waals surface area contributed by atoms with Crippen molar-refractivity contribution in [2.45, 2.75) is 25.3 Å². The van der Waals surface area contributed by atoms with Crippen molar-refractivity contribution in [2.75, 3.05) is 11.4 Å². The molecule has 9 nitrogen and oxygen atoms in total. The van der Waals surface area contributed by atoms with Crippen molar-refractivity contribution < 1.29 is 19.2 Å². The third-order valence-corrected chi connectivity index (χ3v) is 5.93. The van der Waals surface area contributed by atoms with Crippen LogP contribution in [0.1, 0.15) is 50.7 Å². The summed E-state index contributed by atoms with van der Waals surface area (Å²) in [5.41, 5.74) is 3.41. The van der Waals surface area contributed by atoms with Gasteiger partial charge in [0.1, 0.15) is 6.54 Å². The van der Waals surface area contributed by atoms with Gasteiger partial charge >= 0.3 is 6.03 Å². The first kappa shape index (κ1) is 17.8. The average molecular weight is 415 g/mol. The number of amides is 5. The molecule has 0 spiro atoms. The number of hydrogen-bond acceptors (Lipinski definition) is 5. The van der Waals surface area contributed by atoms with Crippen LogP contribution < -0.4 is 10.2 Å². The fourth-order valence-electron chi connectivity index (χ4n) is 4.25. The van der Waals surface area contributed by atoms with Gasteiger partial charge in [-0.15, -0.1) is 0 Å². The van der Waals surface area contributed by atoms with Crippen LogP contribution in [0.25, 0.3) is 5.65 Å². The van der Waals surface area contributed by atoms with E-state index in [0.29, 0.717) is 34.1 Å². The van der Waals surface area contributed by atoms with Crippen LogP contribution in [0, 0.1) is 0 Å². The monoisotopic (exact) mass is 415 g/mol. The number of imidazole rings is 1. The molecule has 1 saturated carbocycles. The number of anilines is 1. The lowest BCUT2D eigenvalue weighted by Gasteiger charge is -2.15. The summed E-state index contributed by atoms with van der Waals surface area (Å²) in [6.07, 6.45) is 5.88. The number of nitrogens with one attached hydrogen (secondary N) is 1. The molecule has 1 aromatic carbocycles. The lowest BCUT2D eigenvalue weighted by atomic mass is 10.1. The number of rotatable bonds is 4. The normalized spacial score (nSPS) is 18.3. The molecule has 1 aliphatic carbocycles. The summed E-state index contributed by atoms with van der Waals surface area (Å²) in [4.78, 5) is 56.6. The van der Waals surface area contributed by atoms with E-state index in [9.17, 15) is 19.2 Å². The minimum absolute atomic E-state index is 0.0252. The number of nitrogens with zero attached hydrogens (tertiary/aromatic N) is 4. The Kier molecular flexibility index (Phi) is 3.59. The lowest BCUT2D eigenvalue weighted by Crippen LogP contribution is -2.29. The Balaban J connectivity index is 1.40. The number of pyridine rings is 1. The third kappa shape index (κ3) is 2.73. The van der Waals surface area contributed by atoms with E-state index < -0.39 is 6.03 Å². The Morgan fingerprint density at radius 3 is 2.32 bits per heavy atom. The van der Waals surface area contributed by atoms with Crippen molar-refractivity contribution >= 4 is 35.1 Å². The molecule has 1 saturated heterocycles. The summed E-state index contributed by atoms with van der Waals surface area (Å²) in [5.74, 6) is -0.633. The number of aromatic nitrogens is 2. The van der Waals surface area contributed by atoms with Gasteiger partial charge in [0.15, 0.2) is 5.65 Å². The van der Waals surface area contributed by atoms with Crippen LogP contribution in [0.5, 0.6) is 0 Å². The molecule has 2 aromatic heterocycles. The second kappa shape index (κ2) is 6.24. The number of urea groups is 1. The highest BCUT2D eigenvalue weighted by Crippen LogP contribution is 2.42. The molecule has 3 aliphatic rings. The zero-order valence-electron chi connectivity index (χ0n) is 16.4. The van der Waals surface area contributed by atoms with Gasteiger partial charge in [-0.3, -0.25) is 29.5 Å². The lowest BCUT2D eigenvalue weighted by molar-refractivity contribution is -0.117. The van der Waals surface area contributed by atoms with Gasteiger partial charge in [-0.2, -0.15) is 0 Å². The molecule has 0 atom stereocenters. The first-order valence-corrected chi connectivity index (χ1v) is 10.1. The predicted octanol–water partition coefficient (Wildman–Crippen LogP) is 2.06. The van der Waals surface area contributed by atoms with E-state index in [1.165, 1.54) is 9.80 Å². The summed E-state index contributed by atoms with van der Waals surface area (Å²) in [5, 5.41) is 2.30. The van der Waals surface area contributed by atoms with E-state index in [4.69, 9.17) is 0 Å². The minimum Gasteiger partial charge on any atom is -0.305 e. The first-order valence-electron chi connectivity index (χ1n) is 10.1. The Morgan fingerprint density at radius 2 is 1.71 bits per heavy atom. The van der Waals surface area contributed by atoms with Gasteiger partial charge in [0, 0.05) is 12.4 Å². The second-order valence-corrected chi connectivity index (χ2v) is 8.08. The fourth-order valence-corrected chi connectivity index (χ4v) is 4.25. The Hall–Kier alpha value is -4.01. The highest BCUT2D eigenvalue weighted by Gasteiger charge is 2.36. The molecule has 9 heteroatoms. The van der Waals surface area contributed by atoms with Crippen LogP contribution in [-0.2, 0) is 11.3 Å². The van der Waals surface area contributed by atoms with Gasteiger partial charge in [0.25, 0.3) is 11.8 Å². The zero-order valence-corrected chi connectivity index (χ0v) is 16.4. The van der Waals surface area contributed by atoms with Crippen molar-refractivity contribution in [3.05, 3.63) is 65.1 Å². The van der Waals surface area contributed by atoms with Crippen LogP contribution in [0.15, 0.2) is 42.7 Å². The van der Waals surface area contributed by atoms with Gasteiger partial charge in [-0.25, -0.2) is 9.78 Å². The van der Waals surface area contributed by atoms with Crippen LogP contribution in [0.3, 0.4) is 0 Å². The molecule has 2 aliphatic heterocycles. The Labute approximate surface area is 176 Å². The smallest absolute Gasteiger partial charge is 0.305 e. The van der Waals surface area contributed by atoms with Crippen molar-refractivity contribution in [1.82, 2.24) is 19.6 Å². The van der Waals surface area contributed by atoms with Crippen molar-refractivity contribution in [3.8, 4) is 0 Å². The molecule has 4 heterocycles. The molecule has 154 valence electrons. The molecule has 2 fully saturated rings. The maximum atomic E-state index is 12.7. The van der Waals surface area contributed by atoms with Crippen molar-refractivity contribution in [3.63, 3.8) is 0 Å². The molecule has 5 amide bonds. The molecular formula is C22H17N5O4. The summed E-state index contributed by atoms with van der Waals surface area (Å²) < 4.78 is 1.81. The summed E-state index contributed by atoms with van der Waals surface area (Å²) in [6.45, 7) is -0.0411. The molecular weight excluding hydrogens is 398 g/mol. The van der Waals surface area contributed by atoms with Crippen LogP contribution in [0.4, 0.5) is 10.5 Å². The van der Waals surface area contributed by atoms with E-state index in [0.717, 1.165) is 18.4 Å². The van der Waals surface area contributed by atoms with E-state index in [2.05, 4.69) is 10.3 Å². The van der Waals surface area contributed by atoms with Gasteiger partial charge in [-0.1, -0.05) is 12.1 Å². The Bertz CT molecular complexity index is 1290. The number of carbonyl (C=O) groups excluding carboxylic acids is 4. The quantitative estimate of drug-likeness (QED) is 0.519. The van der Waals surface area contributed by atoms with Crippen molar-refractivity contribution in [1.29, 1.82) is 0 Å². The van der Waals surface area contributed by atoms with Gasteiger partial charge < -0.3 is 4.40 Å². The van der Waals surface area contributed by atoms with Crippen LogP contribution in [0.2, 0.25) is 0 Å². The molecule has 0 radical (unpaired) electrons. The van der Waals surface area contributed by atoms with Crippen LogP contribution >= 0.6 is 0 Å². The zero-order chi connectivity index (χ0) is 21.3. The molecule has 6 rings (SSSR count). The number of imide groups is 2. The van der Waals surface area contributed by atoms with Gasteiger partial charge in [0.05, 0.1) is 29.1 Å². The van der Waals surface area contributed by atoms with Crippen LogP contribution in [-0.4, -0.2) is 44.6 Å². The van der Waals surface area contributed by atoms with Crippen molar-refractivity contribution in [2.24, 2.45) is 0 Å². The van der Waals surface area contributed by atoms with Gasteiger partial charge in [0.2, 0.25) is 5.91 Å². The number of hydrogen-bond donors (Lipinski definition) is 1. The molecule has 0 bridgehead atoms.